The highest BCUT2D eigenvalue weighted by Gasteiger charge is 2.12. The van der Waals surface area contributed by atoms with Gasteiger partial charge in [0.2, 0.25) is 5.91 Å². The maximum atomic E-state index is 12.4. The molecule has 0 saturated heterocycles. The molecule has 0 fully saturated rings. The summed E-state index contributed by atoms with van der Waals surface area (Å²) >= 11 is 2.65. The summed E-state index contributed by atoms with van der Waals surface area (Å²) in [7, 11) is 0. The number of anilines is 2. The van der Waals surface area contributed by atoms with Crippen LogP contribution in [0.3, 0.4) is 0 Å². The third-order valence-corrected chi connectivity index (χ3v) is 5.68. The lowest BCUT2D eigenvalue weighted by Gasteiger charge is -2.04. The van der Waals surface area contributed by atoms with Gasteiger partial charge in [-0.1, -0.05) is 24.1 Å². The van der Waals surface area contributed by atoms with E-state index in [4.69, 9.17) is 0 Å². The van der Waals surface area contributed by atoms with E-state index < -0.39 is 0 Å². The Balaban J connectivity index is 1.35. The Kier molecular flexibility index (Phi) is 6.47. The first-order chi connectivity index (χ1) is 15.2. The number of carbonyl (C=O) groups is 2. The Morgan fingerprint density at radius 3 is 2.71 bits per heavy atom. The lowest BCUT2D eigenvalue weighted by atomic mass is 10.2. The molecule has 0 atom stereocenters. The van der Waals surface area contributed by atoms with E-state index in [1.807, 2.05) is 47.8 Å². The minimum atomic E-state index is -0.205. The molecule has 4 rings (SSSR count). The smallest absolute Gasteiger partial charge is 0.267 e. The number of pyridine rings is 1. The van der Waals surface area contributed by atoms with Crippen LogP contribution in [0.25, 0.3) is 0 Å². The molecular weight excluding hydrogens is 428 g/mol. The van der Waals surface area contributed by atoms with Crippen molar-refractivity contribution < 1.29 is 9.59 Å². The number of aromatic nitrogens is 2. The SMILES string of the molecule is O=C(Cc1csc(NC(=O)c2cccs2)n1)Nc1cccc(C#Cc2ccccn2)c1. The van der Waals surface area contributed by atoms with Crippen LogP contribution < -0.4 is 10.6 Å². The van der Waals surface area contributed by atoms with Crippen molar-refractivity contribution in [2.45, 2.75) is 6.42 Å². The number of hydrogen-bond donors (Lipinski definition) is 2. The van der Waals surface area contributed by atoms with Gasteiger partial charge in [-0.05, 0) is 47.7 Å². The molecule has 0 unspecified atom stereocenters. The Morgan fingerprint density at radius 2 is 1.90 bits per heavy atom. The van der Waals surface area contributed by atoms with Crippen LogP contribution in [0.1, 0.15) is 26.6 Å². The molecule has 0 aliphatic rings. The fraction of sp³-hybridized carbons (Fsp3) is 0.0435. The number of amides is 2. The first-order valence-corrected chi connectivity index (χ1v) is 11.0. The molecule has 0 spiro atoms. The Hall–Kier alpha value is -3.80. The summed E-state index contributed by atoms with van der Waals surface area (Å²) in [6.45, 7) is 0. The Bertz CT molecular complexity index is 1260. The zero-order valence-electron chi connectivity index (χ0n) is 16.2. The number of rotatable bonds is 5. The van der Waals surface area contributed by atoms with E-state index >= 15 is 0 Å². The summed E-state index contributed by atoms with van der Waals surface area (Å²) in [4.78, 5) is 33.6. The second-order valence-corrected chi connectivity index (χ2v) is 8.15. The average Bonchev–Trinajstić information content (AvgIpc) is 3.46. The predicted molar refractivity (Wildman–Crippen MR) is 123 cm³/mol. The van der Waals surface area contributed by atoms with Gasteiger partial charge in [-0.2, -0.15) is 0 Å². The first kappa shape index (κ1) is 20.5. The van der Waals surface area contributed by atoms with Crippen LogP contribution in [0.5, 0.6) is 0 Å². The molecule has 0 radical (unpaired) electrons. The number of nitrogens with one attached hydrogen (secondary N) is 2. The second-order valence-electron chi connectivity index (χ2n) is 6.35. The monoisotopic (exact) mass is 444 g/mol. The van der Waals surface area contributed by atoms with Crippen LogP contribution in [0, 0.1) is 11.8 Å². The summed E-state index contributed by atoms with van der Waals surface area (Å²) in [6.07, 6.45) is 1.80. The molecule has 0 bridgehead atoms. The van der Waals surface area contributed by atoms with E-state index in [1.165, 1.54) is 22.7 Å². The van der Waals surface area contributed by atoms with Gasteiger partial charge >= 0.3 is 0 Å². The van der Waals surface area contributed by atoms with E-state index in [-0.39, 0.29) is 18.2 Å². The molecule has 4 aromatic rings. The molecule has 3 heterocycles. The van der Waals surface area contributed by atoms with E-state index in [0.29, 0.717) is 27.1 Å². The predicted octanol–water partition coefficient (Wildman–Crippen LogP) is 4.43. The molecule has 6 nitrogen and oxygen atoms in total. The number of thiophene rings is 1. The maximum Gasteiger partial charge on any atom is 0.267 e. The molecule has 3 aromatic heterocycles. The van der Waals surface area contributed by atoms with Crippen molar-refractivity contribution in [3.05, 3.63) is 93.4 Å². The highest BCUT2D eigenvalue weighted by molar-refractivity contribution is 7.14. The third-order valence-electron chi connectivity index (χ3n) is 4.00. The zero-order chi connectivity index (χ0) is 21.5. The lowest BCUT2D eigenvalue weighted by Crippen LogP contribution is -2.15. The molecule has 152 valence electrons. The minimum absolute atomic E-state index is 0.106. The fourth-order valence-corrected chi connectivity index (χ4v) is 3.95. The molecule has 1 aromatic carbocycles. The standard InChI is InChI=1S/C23H16N4O2S2/c28-21(14-19-15-31-23(26-19)27-22(29)20-8-4-12-30-20)25-18-7-3-5-16(13-18)9-10-17-6-1-2-11-24-17/h1-8,11-13,15H,14H2,(H,25,28)(H,26,27,29). The number of carbonyl (C=O) groups excluding carboxylic acids is 2. The molecule has 0 aliphatic carbocycles. The van der Waals surface area contributed by atoms with Crippen molar-refractivity contribution in [2.24, 2.45) is 0 Å². The third kappa shape index (κ3) is 5.85. The number of hydrogen-bond acceptors (Lipinski definition) is 6. The van der Waals surface area contributed by atoms with Gasteiger partial charge in [0, 0.05) is 22.8 Å². The molecule has 31 heavy (non-hydrogen) atoms. The summed E-state index contributed by atoms with van der Waals surface area (Å²) < 4.78 is 0. The summed E-state index contributed by atoms with van der Waals surface area (Å²) in [5.74, 6) is 5.63. The van der Waals surface area contributed by atoms with E-state index in [1.54, 1.807) is 23.7 Å². The second kappa shape index (κ2) is 9.80. The number of thiazole rings is 1. The molecular formula is C23H16N4O2S2. The van der Waals surface area contributed by atoms with Crippen LogP contribution in [0.15, 0.2) is 71.6 Å². The maximum absolute atomic E-state index is 12.4. The van der Waals surface area contributed by atoms with Crippen molar-refractivity contribution in [3.63, 3.8) is 0 Å². The van der Waals surface area contributed by atoms with Gasteiger partial charge in [0.1, 0.15) is 5.69 Å². The fourth-order valence-electron chi connectivity index (χ4n) is 2.63. The summed E-state index contributed by atoms with van der Waals surface area (Å²) in [6, 6.07) is 16.4. The average molecular weight is 445 g/mol. The van der Waals surface area contributed by atoms with Gasteiger partial charge in [0.05, 0.1) is 17.0 Å². The molecule has 8 heteroatoms. The normalized spacial score (nSPS) is 10.1. The lowest BCUT2D eigenvalue weighted by molar-refractivity contribution is -0.115. The summed E-state index contributed by atoms with van der Waals surface area (Å²) in [5.41, 5.74) is 2.70. The van der Waals surface area contributed by atoms with Crippen LogP contribution in [0.2, 0.25) is 0 Å². The zero-order valence-corrected chi connectivity index (χ0v) is 17.8. The van der Waals surface area contributed by atoms with E-state index in [2.05, 4.69) is 32.4 Å². The van der Waals surface area contributed by atoms with Gasteiger partial charge in [0.15, 0.2) is 5.13 Å². The number of nitrogens with zero attached hydrogens (tertiary/aromatic N) is 2. The van der Waals surface area contributed by atoms with Crippen molar-refractivity contribution in [3.8, 4) is 11.8 Å². The van der Waals surface area contributed by atoms with Crippen molar-refractivity contribution in [1.82, 2.24) is 9.97 Å². The number of benzene rings is 1. The molecule has 0 saturated carbocycles. The van der Waals surface area contributed by atoms with Crippen LogP contribution in [-0.4, -0.2) is 21.8 Å². The van der Waals surface area contributed by atoms with Gasteiger partial charge < -0.3 is 5.32 Å². The van der Waals surface area contributed by atoms with E-state index in [0.717, 1.165) is 5.56 Å². The van der Waals surface area contributed by atoms with Gasteiger partial charge in [-0.3, -0.25) is 14.9 Å². The largest absolute Gasteiger partial charge is 0.326 e. The van der Waals surface area contributed by atoms with E-state index in [9.17, 15) is 9.59 Å². The molecule has 2 amide bonds. The highest BCUT2D eigenvalue weighted by Crippen LogP contribution is 2.19. The Morgan fingerprint density at radius 1 is 0.968 bits per heavy atom. The van der Waals surface area contributed by atoms with Gasteiger partial charge in [0.25, 0.3) is 5.91 Å². The Labute approximate surface area is 187 Å². The van der Waals surface area contributed by atoms with Crippen LogP contribution >= 0.6 is 22.7 Å². The van der Waals surface area contributed by atoms with Gasteiger partial charge in [-0.25, -0.2) is 9.97 Å². The molecule has 2 N–H and O–H groups in total. The first-order valence-electron chi connectivity index (χ1n) is 9.28. The highest BCUT2D eigenvalue weighted by atomic mass is 32.1. The topological polar surface area (TPSA) is 84.0 Å². The summed E-state index contributed by atoms with van der Waals surface area (Å²) in [5, 5.41) is 9.67. The van der Waals surface area contributed by atoms with Crippen LogP contribution in [-0.2, 0) is 11.2 Å². The van der Waals surface area contributed by atoms with Crippen molar-refractivity contribution in [2.75, 3.05) is 10.6 Å². The minimum Gasteiger partial charge on any atom is -0.326 e. The van der Waals surface area contributed by atoms with Crippen LogP contribution in [0.4, 0.5) is 10.8 Å². The van der Waals surface area contributed by atoms with Crippen molar-refractivity contribution in [1.29, 1.82) is 0 Å². The van der Waals surface area contributed by atoms with Crippen molar-refractivity contribution >= 4 is 45.3 Å². The molecule has 0 aliphatic heterocycles. The quantitative estimate of drug-likeness (QED) is 0.446. The van der Waals surface area contributed by atoms with Gasteiger partial charge in [-0.15, -0.1) is 22.7 Å².